The normalized spacial score (nSPS) is 15.9. The maximum atomic E-state index is 12.0. The quantitative estimate of drug-likeness (QED) is 0.887. The Morgan fingerprint density at radius 2 is 2.16 bits per heavy atom. The van der Waals surface area contributed by atoms with Crippen molar-refractivity contribution in [3.63, 3.8) is 0 Å². The number of hydrogen-bond acceptors (Lipinski definition) is 4. The number of amides is 2. The van der Waals surface area contributed by atoms with Crippen LogP contribution in [-0.4, -0.2) is 35.8 Å². The molecule has 0 radical (unpaired) electrons. The van der Waals surface area contributed by atoms with E-state index in [0.717, 1.165) is 12.8 Å². The standard InChI is InChI=1S/C13H15N3O2S/c1-9(17)16-5-2-11(3-6-16)15-13(18)12-10(8-14)4-7-19-12/h4,7,11H,2-3,5-6H2,1H3,(H,15,18). The second kappa shape index (κ2) is 5.85. The van der Waals surface area contributed by atoms with Crippen LogP contribution in [-0.2, 0) is 4.79 Å². The van der Waals surface area contributed by atoms with Gasteiger partial charge in [0.1, 0.15) is 10.9 Å². The molecule has 0 unspecified atom stereocenters. The monoisotopic (exact) mass is 277 g/mol. The van der Waals surface area contributed by atoms with E-state index in [1.54, 1.807) is 23.3 Å². The fourth-order valence-corrected chi connectivity index (χ4v) is 2.91. The summed E-state index contributed by atoms with van der Waals surface area (Å²) in [7, 11) is 0. The van der Waals surface area contributed by atoms with E-state index in [9.17, 15) is 9.59 Å². The Balaban J connectivity index is 1.91. The third kappa shape index (κ3) is 3.12. The fraction of sp³-hybridized carbons (Fsp3) is 0.462. The number of rotatable bonds is 2. The number of hydrogen-bond donors (Lipinski definition) is 1. The number of piperidine rings is 1. The lowest BCUT2D eigenvalue weighted by Crippen LogP contribution is -2.45. The average molecular weight is 277 g/mol. The third-order valence-electron chi connectivity index (χ3n) is 3.27. The molecular weight excluding hydrogens is 262 g/mol. The Labute approximate surface area is 115 Å². The van der Waals surface area contributed by atoms with Gasteiger partial charge in [-0.2, -0.15) is 5.26 Å². The highest BCUT2D eigenvalue weighted by atomic mass is 32.1. The first kappa shape index (κ1) is 13.6. The predicted octanol–water partition coefficient (Wildman–Crippen LogP) is 1.36. The molecule has 0 aromatic carbocycles. The number of nitriles is 1. The summed E-state index contributed by atoms with van der Waals surface area (Å²) in [5.41, 5.74) is 0.420. The Morgan fingerprint density at radius 1 is 1.47 bits per heavy atom. The molecule has 5 nitrogen and oxygen atoms in total. The first-order valence-corrected chi connectivity index (χ1v) is 7.03. The van der Waals surface area contributed by atoms with Crippen LogP contribution in [0, 0.1) is 11.3 Å². The summed E-state index contributed by atoms with van der Waals surface area (Å²) in [6, 6.07) is 3.74. The Hall–Kier alpha value is -1.87. The lowest BCUT2D eigenvalue weighted by Gasteiger charge is -2.31. The van der Waals surface area contributed by atoms with E-state index in [0.29, 0.717) is 23.5 Å². The largest absolute Gasteiger partial charge is 0.348 e. The highest BCUT2D eigenvalue weighted by molar-refractivity contribution is 7.12. The van der Waals surface area contributed by atoms with Gasteiger partial charge in [-0.3, -0.25) is 9.59 Å². The highest BCUT2D eigenvalue weighted by Crippen LogP contribution is 2.17. The van der Waals surface area contributed by atoms with E-state index < -0.39 is 0 Å². The van der Waals surface area contributed by atoms with Crippen molar-refractivity contribution in [2.24, 2.45) is 0 Å². The summed E-state index contributed by atoms with van der Waals surface area (Å²) in [4.78, 5) is 25.5. The molecule has 0 spiro atoms. The highest BCUT2D eigenvalue weighted by Gasteiger charge is 2.23. The molecule has 1 N–H and O–H groups in total. The van der Waals surface area contributed by atoms with Crippen molar-refractivity contribution in [2.75, 3.05) is 13.1 Å². The molecule has 2 rings (SSSR count). The SMILES string of the molecule is CC(=O)N1CCC(NC(=O)c2sccc2C#N)CC1. The minimum Gasteiger partial charge on any atom is -0.348 e. The van der Waals surface area contributed by atoms with Crippen molar-refractivity contribution in [1.29, 1.82) is 5.26 Å². The van der Waals surface area contributed by atoms with Crippen LogP contribution in [0.5, 0.6) is 0 Å². The minimum absolute atomic E-state index is 0.0785. The molecule has 1 aromatic heterocycles. The number of likely N-dealkylation sites (tertiary alicyclic amines) is 1. The zero-order chi connectivity index (χ0) is 13.8. The van der Waals surface area contributed by atoms with Gasteiger partial charge in [0.15, 0.2) is 0 Å². The van der Waals surface area contributed by atoms with Crippen LogP contribution in [0.3, 0.4) is 0 Å². The molecule has 0 aliphatic carbocycles. The Kier molecular flexibility index (Phi) is 4.17. The number of nitrogens with one attached hydrogen (secondary N) is 1. The number of nitrogens with zero attached hydrogens (tertiary/aromatic N) is 2. The molecule has 0 atom stereocenters. The zero-order valence-electron chi connectivity index (χ0n) is 10.7. The minimum atomic E-state index is -0.187. The smallest absolute Gasteiger partial charge is 0.262 e. The zero-order valence-corrected chi connectivity index (χ0v) is 11.5. The molecule has 1 saturated heterocycles. The second-order valence-corrected chi connectivity index (χ2v) is 5.45. The molecule has 1 aliphatic heterocycles. The van der Waals surface area contributed by atoms with Gasteiger partial charge in [-0.05, 0) is 24.3 Å². The Bertz CT molecular complexity index is 524. The van der Waals surface area contributed by atoms with E-state index in [1.807, 2.05) is 6.07 Å². The molecule has 1 aliphatic rings. The number of carbonyl (C=O) groups is 2. The summed E-state index contributed by atoms with van der Waals surface area (Å²) in [6.07, 6.45) is 1.52. The van der Waals surface area contributed by atoms with Crippen LogP contribution in [0.4, 0.5) is 0 Å². The van der Waals surface area contributed by atoms with Gasteiger partial charge in [0.05, 0.1) is 5.56 Å². The van der Waals surface area contributed by atoms with E-state index >= 15 is 0 Å². The van der Waals surface area contributed by atoms with Crippen LogP contribution in [0.25, 0.3) is 0 Å². The van der Waals surface area contributed by atoms with Crippen molar-refractivity contribution in [2.45, 2.75) is 25.8 Å². The Morgan fingerprint density at radius 3 is 2.74 bits per heavy atom. The maximum Gasteiger partial charge on any atom is 0.262 e. The van der Waals surface area contributed by atoms with Gasteiger partial charge in [-0.1, -0.05) is 0 Å². The average Bonchev–Trinajstić information content (AvgIpc) is 2.87. The van der Waals surface area contributed by atoms with Crippen molar-refractivity contribution in [3.05, 3.63) is 21.9 Å². The summed E-state index contributed by atoms with van der Waals surface area (Å²) >= 11 is 1.28. The molecule has 100 valence electrons. The fourth-order valence-electron chi connectivity index (χ4n) is 2.16. The van der Waals surface area contributed by atoms with E-state index in [4.69, 9.17) is 5.26 Å². The van der Waals surface area contributed by atoms with Gasteiger partial charge in [0.2, 0.25) is 5.91 Å². The molecule has 0 bridgehead atoms. The van der Waals surface area contributed by atoms with Gasteiger partial charge in [0, 0.05) is 26.1 Å². The van der Waals surface area contributed by atoms with Crippen molar-refractivity contribution < 1.29 is 9.59 Å². The third-order valence-corrected chi connectivity index (χ3v) is 4.18. The van der Waals surface area contributed by atoms with Gasteiger partial charge in [-0.25, -0.2) is 0 Å². The summed E-state index contributed by atoms with van der Waals surface area (Å²) in [5, 5.41) is 13.6. The van der Waals surface area contributed by atoms with Gasteiger partial charge >= 0.3 is 0 Å². The molecule has 1 aromatic rings. The lowest BCUT2D eigenvalue weighted by atomic mass is 10.0. The first-order valence-electron chi connectivity index (χ1n) is 6.15. The summed E-state index contributed by atoms with van der Waals surface area (Å²) < 4.78 is 0. The van der Waals surface area contributed by atoms with Crippen molar-refractivity contribution in [1.82, 2.24) is 10.2 Å². The molecule has 6 heteroatoms. The summed E-state index contributed by atoms with van der Waals surface area (Å²) in [6.45, 7) is 2.91. The van der Waals surface area contributed by atoms with Crippen LogP contribution in [0.15, 0.2) is 11.4 Å². The summed E-state index contributed by atoms with van der Waals surface area (Å²) in [5.74, 6) is -0.109. The van der Waals surface area contributed by atoms with Crippen molar-refractivity contribution in [3.8, 4) is 6.07 Å². The van der Waals surface area contributed by atoms with Crippen LogP contribution < -0.4 is 5.32 Å². The van der Waals surface area contributed by atoms with E-state index in [2.05, 4.69) is 5.32 Å². The van der Waals surface area contributed by atoms with Gasteiger partial charge < -0.3 is 10.2 Å². The number of carbonyl (C=O) groups excluding carboxylic acids is 2. The van der Waals surface area contributed by atoms with Crippen LogP contribution >= 0.6 is 11.3 Å². The topological polar surface area (TPSA) is 73.2 Å². The predicted molar refractivity (Wildman–Crippen MR) is 71.8 cm³/mol. The van der Waals surface area contributed by atoms with Crippen LogP contribution in [0.1, 0.15) is 35.0 Å². The molecule has 19 heavy (non-hydrogen) atoms. The molecule has 1 fully saturated rings. The maximum absolute atomic E-state index is 12.0. The molecular formula is C13H15N3O2S. The molecule has 2 amide bonds. The van der Waals surface area contributed by atoms with Gasteiger partial charge in [0.25, 0.3) is 5.91 Å². The van der Waals surface area contributed by atoms with E-state index in [1.165, 1.54) is 11.3 Å². The molecule has 2 heterocycles. The van der Waals surface area contributed by atoms with Crippen LogP contribution in [0.2, 0.25) is 0 Å². The van der Waals surface area contributed by atoms with Gasteiger partial charge in [-0.15, -0.1) is 11.3 Å². The number of thiophene rings is 1. The first-order chi connectivity index (χ1) is 9.11. The lowest BCUT2D eigenvalue weighted by molar-refractivity contribution is -0.129. The molecule has 0 saturated carbocycles. The second-order valence-electron chi connectivity index (χ2n) is 4.53. The van der Waals surface area contributed by atoms with Crippen molar-refractivity contribution >= 4 is 23.2 Å². The van der Waals surface area contributed by atoms with E-state index in [-0.39, 0.29) is 17.9 Å².